The number of hydrogen-bond donors (Lipinski definition) is 2. The lowest BCUT2D eigenvalue weighted by molar-refractivity contribution is -0.121. The maximum absolute atomic E-state index is 11.8. The maximum Gasteiger partial charge on any atom is 0.224 e. The van der Waals surface area contributed by atoms with E-state index in [1.54, 1.807) is 25.1 Å². The van der Waals surface area contributed by atoms with E-state index >= 15 is 0 Å². The Morgan fingerprint density at radius 3 is 2.63 bits per heavy atom. The van der Waals surface area contributed by atoms with Crippen molar-refractivity contribution in [2.24, 2.45) is 0 Å². The zero-order valence-electron chi connectivity index (χ0n) is 11.2. The summed E-state index contributed by atoms with van der Waals surface area (Å²) in [4.78, 5) is 11.8. The predicted octanol–water partition coefficient (Wildman–Crippen LogP) is 3.20. The molecule has 106 valence electrons. The van der Waals surface area contributed by atoms with Gasteiger partial charge in [-0.15, -0.1) is 0 Å². The van der Waals surface area contributed by atoms with Crippen LogP contribution in [0.25, 0.3) is 0 Å². The molecule has 0 aliphatic heterocycles. The van der Waals surface area contributed by atoms with Gasteiger partial charge in [0, 0.05) is 6.54 Å². The molecule has 1 rings (SSSR count). The lowest BCUT2D eigenvalue weighted by atomic mass is 10.0. The first-order valence-corrected chi connectivity index (χ1v) is 7.02. The SMILES string of the molecule is CCCC(C)(O)CNC(=O)Cc1ccc(Cl)c(Cl)c1. The molecule has 2 N–H and O–H groups in total. The number of carbonyl (C=O) groups is 1. The molecular weight excluding hydrogens is 285 g/mol. The second-order valence-corrected chi connectivity index (χ2v) is 5.76. The van der Waals surface area contributed by atoms with Crippen molar-refractivity contribution < 1.29 is 9.90 Å². The van der Waals surface area contributed by atoms with Gasteiger partial charge in [-0.1, -0.05) is 42.6 Å². The Kier molecular flexibility index (Phi) is 6.11. The van der Waals surface area contributed by atoms with Gasteiger partial charge in [0.1, 0.15) is 0 Å². The Morgan fingerprint density at radius 2 is 2.05 bits per heavy atom. The van der Waals surface area contributed by atoms with Crippen LogP contribution in [0, 0.1) is 0 Å². The lowest BCUT2D eigenvalue weighted by Crippen LogP contribution is -2.41. The standard InChI is InChI=1S/C14H19Cl2NO2/c1-3-6-14(2,19)9-17-13(18)8-10-4-5-11(15)12(16)7-10/h4-5,7,19H,3,6,8-9H2,1-2H3,(H,17,18). The monoisotopic (exact) mass is 303 g/mol. The number of hydrogen-bond acceptors (Lipinski definition) is 2. The fourth-order valence-electron chi connectivity index (χ4n) is 1.81. The van der Waals surface area contributed by atoms with E-state index < -0.39 is 5.60 Å². The Balaban J connectivity index is 2.49. The summed E-state index contributed by atoms with van der Waals surface area (Å²) in [7, 11) is 0. The van der Waals surface area contributed by atoms with Crippen LogP contribution in [0.2, 0.25) is 10.0 Å². The highest BCUT2D eigenvalue weighted by Gasteiger charge is 2.19. The van der Waals surface area contributed by atoms with Crippen LogP contribution in [-0.2, 0) is 11.2 Å². The summed E-state index contributed by atoms with van der Waals surface area (Å²) in [5.41, 5.74) is -0.0655. The quantitative estimate of drug-likeness (QED) is 0.848. The van der Waals surface area contributed by atoms with Crippen LogP contribution in [0.4, 0.5) is 0 Å². The Labute approximate surface area is 123 Å². The van der Waals surface area contributed by atoms with E-state index in [-0.39, 0.29) is 18.9 Å². The molecule has 0 heterocycles. The van der Waals surface area contributed by atoms with Gasteiger partial charge in [0.25, 0.3) is 0 Å². The number of amides is 1. The second-order valence-electron chi connectivity index (χ2n) is 4.95. The highest BCUT2D eigenvalue weighted by Crippen LogP contribution is 2.22. The van der Waals surface area contributed by atoms with Gasteiger partial charge in [0.05, 0.1) is 22.1 Å². The third-order valence-corrected chi connectivity index (χ3v) is 3.54. The van der Waals surface area contributed by atoms with E-state index in [1.807, 2.05) is 6.92 Å². The van der Waals surface area contributed by atoms with Crippen LogP contribution in [0.1, 0.15) is 32.3 Å². The first kappa shape index (κ1) is 16.3. The van der Waals surface area contributed by atoms with Crippen molar-refractivity contribution in [2.75, 3.05) is 6.54 Å². The minimum atomic E-state index is -0.859. The van der Waals surface area contributed by atoms with Gasteiger partial charge in [0.15, 0.2) is 0 Å². The zero-order valence-corrected chi connectivity index (χ0v) is 12.7. The minimum absolute atomic E-state index is 0.144. The molecule has 0 spiro atoms. The van der Waals surface area contributed by atoms with Crippen molar-refractivity contribution in [3.05, 3.63) is 33.8 Å². The number of halogens is 2. The molecule has 3 nitrogen and oxygen atoms in total. The molecule has 1 atom stereocenters. The van der Waals surface area contributed by atoms with Gasteiger partial charge >= 0.3 is 0 Å². The minimum Gasteiger partial charge on any atom is -0.388 e. The van der Waals surface area contributed by atoms with Crippen LogP contribution in [0.5, 0.6) is 0 Å². The molecule has 0 bridgehead atoms. The third kappa shape index (κ3) is 5.81. The van der Waals surface area contributed by atoms with Crippen molar-refractivity contribution >= 4 is 29.1 Å². The van der Waals surface area contributed by atoms with E-state index in [4.69, 9.17) is 23.2 Å². The van der Waals surface area contributed by atoms with Crippen LogP contribution < -0.4 is 5.32 Å². The molecule has 0 aliphatic carbocycles. The Morgan fingerprint density at radius 1 is 1.37 bits per heavy atom. The van der Waals surface area contributed by atoms with E-state index in [9.17, 15) is 9.90 Å². The summed E-state index contributed by atoms with van der Waals surface area (Å²) >= 11 is 11.7. The molecule has 0 saturated carbocycles. The summed E-state index contributed by atoms with van der Waals surface area (Å²) in [5.74, 6) is -0.144. The average molecular weight is 304 g/mol. The van der Waals surface area contributed by atoms with Crippen LogP contribution in [0.15, 0.2) is 18.2 Å². The van der Waals surface area contributed by atoms with Gasteiger partial charge in [-0.2, -0.15) is 0 Å². The third-order valence-electron chi connectivity index (χ3n) is 2.80. The fourth-order valence-corrected chi connectivity index (χ4v) is 2.13. The predicted molar refractivity (Wildman–Crippen MR) is 78.7 cm³/mol. The molecule has 19 heavy (non-hydrogen) atoms. The van der Waals surface area contributed by atoms with Gasteiger partial charge in [-0.05, 0) is 31.0 Å². The highest BCUT2D eigenvalue weighted by atomic mass is 35.5. The topological polar surface area (TPSA) is 49.3 Å². The molecule has 5 heteroatoms. The van der Waals surface area contributed by atoms with Gasteiger partial charge in [-0.25, -0.2) is 0 Å². The van der Waals surface area contributed by atoms with Gasteiger partial charge in [0.2, 0.25) is 5.91 Å². The van der Waals surface area contributed by atoms with E-state index in [2.05, 4.69) is 5.32 Å². The summed E-state index contributed by atoms with van der Waals surface area (Å²) in [6, 6.07) is 5.10. The summed E-state index contributed by atoms with van der Waals surface area (Å²) in [6.07, 6.45) is 1.74. The largest absolute Gasteiger partial charge is 0.388 e. The van der Waals surface area contributed by atoms with Crippen LogP contribution in [0.3, 0.4) is 0 Å². The number of aliphatic hydroxyl groups is 1. The first-order valence-electron chi connectivity index (χ1n) is 6.27. The van der Waals surface area contributed by atoms with Crippen molar-refractivity contribution in [2.45, 2.75) is 38.7 Å². The Bertz CT molecular complexity index is 447. The van der Waals surface area contributed by atoms with Gasteiger partial charge < -0.3 is 10.4 Å². The van der Waals surface area contributed by atoms with Crippen LogP contribution in [-0.4, -0.2) is 23.2 Å². The Hall–Kier alpha value is -0.770. The first-order chi connectivity index (χ1) is 8.84. The fraction of sp³-hybridized carbons (Fsp3) is 0.500. The van der Waals surface area contributed by atoms with Crippen molar-refractivity contribution in [3.63, 3.8) is 0 Å². The number of nitrogens with one attached hydrogen (secondary N) is 1. The van der Waals surface area contributed by atoms with Crippen molar-refractivity contribution in [1.29, 1.82) is 0 Å². The number of benzene rings is 1. The number of carbonyl (C=O) groups excluding carboxylic acids is 1. The summed E-state index contributed by atoms with van der Waals surface area (Å²) in [5, 5.41) is 13.6. The molecule has 1 aromatic carbocycles. The smallest absolute Gasteiger partial charge is 0.224 e. The molecule has 1 amide bonds. The van der Waals surface area contributed by atoms with Crippen molar-refractivity contribution in [3.8, 4) is 0 Å². The zero-order chi connectivity index (χ0) is 14.5. The van der Waals surface area contributed by atoms with Crippen LogP contribution >= 0.6 is 23.2 Å². The van der Waals surface area contributed by atoms with E-state index in [1.165, 1.54) is 0 Å². The molecule has 0 saturated heterocycles. The average Bonchev–Trinajstić information content (AvgIpc) is 2.32. The van der Waals surface area contributed by atoms with E-state index in [0.29, 0.717) is 16.5 Å². The summed E-state index contributed by atoms with van der Waals surface area (Å²) < 4.78 is 0. The lowest BCUT2D eigenvalue weighted by Gasteiger charge is -2.22. The normalized spacial score (nSPS) is 13.9. The maximum atomic E-state index is 11.8. The molecule has 1 unspecified atom stereocenters. The molecule has 0 radical (unpaired) electrons. The molecule has 0 aromatic heterocycles. The summed E-state index contributed by atoms with van der Waals surface area (Å²) in [6.45, 7) is 3.96. The van der Waals surface area contributed by atoms with Crippen molar-refractivity contribution in [1.82, 2.24) is 5.32 Å². The van der Waals surface area contributed by atoms with E-state index in [0.717, 1.165) is 12.0 Å². The molecule has 1 aromatic rings. The number of rotatable bonds is 6. The van der Waals surface area contributed by atoms with Gasteiger partial charge in [-0.3, -0.25) is 4.79 Å². The molecular formula is C14H19Cl2NO2. The molecule has 0 fully saturated rings. The second kappa shape index (κ2) is 7.13. The highest BCUT2D eigenvalue weighted by molar-refractivity contribution is 6.42. The molecule has 0 aliphatic rings.